The molecular weight excluding hydrogens is 433 g/mol. The summed E-state index contributed by atoms with van der Waals surface area (Å²) in [5, 5.41) is 0.371. The molecule has 3 aromatic carbocycles. The van der Waals surface area contributed by atoms with E-state index < -0.39 is 10.0 Å². The summed E-state index contributed by atoms with van der Waals surface area (Å²) in [7, 11) is -3.63. The molecule has 0 aromatic heterocycles. The third kappa shape index (κ3) is 6.21. The smallest absolute Gasteiger partial charge is 0.240 e. The van der Waals surface area contributed by atoms with Gasteiger partial charge in [0.2, 0.25) is 10.0 Å². The molecule has 1 N–H and O–H groups in total. The lowest BCUT2D eigenvalue weighted by Crippen LogP contribution is -2.26. The summed E-state index contributed by atoms with van der Waals surface area (Å²) in [4.78, 5) is 0.153. The van der Waals surface area contributed by atoms with Gasteiger partial charge in [0.25, 0.3) is 0 Å². The Kier molecular flexibility index (Phi) is 7.55. The molecule has 0 bridgehead atoms. The molecule has 0 heterocycles. The van der Waals surface area contributed by atoms with Gasteiger partial charge in [-0.25, -0.2) is 17.5 Å². The van der Waals surface area contributed by atoms with Gasteiger partial charge >= 0.3 is 0 Å². The summed E-state index contributed by atoms with van der Waals surface area (Å²) in [5.41, 5.74) is 0.427. The predicted octanol–water partition coefficient (Wildman–Crippen LogP) is 5.48. The molecule has 0 fully saturated rings. The van der Waals surface area contributed by atoms with Gasteiger partial charge in [-0.2, -0.15) is 11.8 Å². The van der Waals surface area contributed by atoms with Crippen LogP contribution in [0.4, 0.5) is 4.39 Å². The van der Waals surface area contributed by atoms with Crippen LogP contribution in [0.5, 0.6) is 11.5 Å². The molecule has 0 atom stereocenters. The fourth-order valence-corrected chi connectivity index (χ4v) is 4.85. The lowest BCUT2D eigenvalue weighted by Gasteiger charge is -2.09. The van der Waals surface area contributed by atoms with E-state index in [1.807, 2.05) is 30.3 Å². The zero-order valence-corrected chi connectivity index (χ0v) is 17.7. The summed E-state index contributed by atoms with van der Waals surface area (Å²) in [5.74, 6) is 1.72. The van der Waals surface area contributed by atoms with Crippen molar-refractivity contribution in [2.75, 3.05) is 12.3 Å². The Balaban J connectivity index is 1.49. The van der Waals surface area contributed by atoms with E-state index in [1.165, 1.54) is 30.0 Å². The number of ether oxygens (including phenoxy) is 1. The highest BCUT2D eigenvalue weighted by molar-refractivity contribution is 7.98. The fourth-order valence-electron chi connectivity index (χ4n) is 2.49. The van der Waals surface area contributed by atoms with Crippen LogP contribution < -0.4 is 9.46 Å². The number of halogens is 2. The maximum atomic E-state index is 13.7. The van der Waals surface area contributed by atoms with Gasteiger partial charge in [-0.1, -0.05) is 35.9 Å². The average molecular weight is 452 g/mol. The van der Waals surface area contributed by atoms with E-state index in [0.29, 0.717) is 33.6 Å². The van der Waals surface area contributed by atoms with E-state index in [2.05, 4.69) is 4.72 Å². The molecule has 0 aliphatic rings. The molecule has 4 nitrogen and oxygen atoms in total. The van der Waals surface area contributed by atoms with Crippen molar-refractivity contribution in [3.05, 3.63) is 89.2 Å². The molecule has 29 heavy (non-hydrogen) atoms. The molecule has 3 rings (SSSR count). The summed E-state index contributed by atoms with van der Waals surface area (Å²) in [6.45, 7) is 0.224. The third-order valence-electron chi connectivity index (χ3n) is 3.96. The van der Waals surface area contributed by atoms with Crippen molar-refractivity contribution in [2.45, 2.75) is 10.6 Å². The predicted molar refractivity (Wildman–Crippen MR) is 116 cm³/mol. The van der Waals surface area contributed by atoms with Crippen molar-refractivity contribution in [3.8, 4) is 11.5 Å². The molecular formula is C21H19ClFNO3S2. The molecule has 0 spiro atoms. The summed E-state index contributed by atoms with van der Waals surface area (Å²) in [6, 6.07) is 20.0. The normalized spacial score (nSPS) is 11.4. The molecule has 0 amide bonds. The fraction of sp³-hybridized carbons (Fsp3) is 0.143. The number of benzene rings is 3. The van der Waals surface area contributed by atoms with Gasteiger partial charge in [0, 0.05) is 28.6 Å². The number of sulfonamides is 1. The number of hydrogen-bond donors (Lipinski definition) is 1. The number of rotatable bonds is 9. The Morgan fingerprint density at radius 1 is 0.931 bits per heavy atom. The summed E-state index contributed by atoms with van der Waals surface area (Å²) in [6.07, 6.45) is 0. The molecule has 0 radical (unpaired) electrons. The minimum atomic E-state index is -3.63. The second kappa shape index (κ2) is 10.1. The molecule has 3 aromatic rings. The highest BCUT2D eigenvalue weighted by atomic mass is 35.5. The maximum absolute atomic E-state index is 13.7. The van der Waals surface area contributed by atoms with Crippen LogP contribution in [0.2, 0.25) is 5.02 Å². The molecule has 0 saturated carbocycles. The third-order valence-corrected chi connectivity index (χ3v) is 6.78. The zero-order chi connectivity index (χ0) is 20.7. The molecule has 0 aliphatic heterocycles. The Morgan fingerprint density at radius 3 is 2.31 bits per heavy atom. The molecule has 0 saturated heterocycles. The number of nitrogens with one attached hydrogen (secondary N) is 1. The van der Waals surface area contributed by atoms with Crippen LogP contribution in [-0.4, -0.2) is 20.7 Å². The van der Waals surface area contributed by atoms with Crippen LogP contribution in [0.25, 0.3) is 0 Å². The lowest BCUT2D eigenvalue weighted by molar-refractivity contribution is 0.482. The Morgan fingerprint density at radius 2 is 1.62 bits per heavy atom. The van der Waals surface area contributed by atoms with Crippen molar-refractivity contribution in [1.29, 1.82) is 0 Å². The van der Waals surface area contributed by atoms with Crippen LogP contribution in [0.15, 0.2) is 77.7 Å². The molecule has 0 unspecified atom stereocenters. The van der Waals surface area contributed by atoms with Gasteiger partial charge in [0.05, 0.1) is 4.90 Å². The van der Waals surface area contributed by atoms with Gasteiger partial charge in [0.1, 0.15) is 17.3 Å². The van der Waals surface area contributed by atoms with E-state index in [9.17, 15) is 12.8 Å². The first kappa shape index (κ1) is 21.6. The molecule has 0 aliphatic carbocycles. The minimum absolute atomic E-state index is 0.153. The largest absolute Gasteiger partial charge is 0.457 e. The van der Waals surface area contributed by atoms with Crippen LogP contribution in [0.1, 0.15) is 5.56 Å². The number of para-hydroxylation sites is 1. The minimum Gasteiger partial charge on any atom is -0.457 e. The van der Waals surface area contributed by atoms with E-state index in [4.69, 9.17) is 16.3 Å². The highest BCUT2D eigenvalue weighted by Crippen LogP contribution is 2.24. The first-order valence-electron chi connectivity index (χ1n) is 8.79. The second-order valence-corrected chi connectivity index (χ2v) is 9.32. The number of thioether (sulfide) groups is 1. The SMILES string of the molecule is O=S(=O)(NCCSCc1c(F)cccc1Cl)c1ccc(Oc2ccccc2)cc1. The average Bonchev–Trinajstić information content (AvgIpc) is 2.71. The molecule has 152 valence electrons. The Labute approximate surface area is 179 Å². The van der Waals surface area contributed by atoms with Gasteiger partial charge in [-0.3, -0.25) is 0 Å². The first-order chi connectivity index (χ1) is 14.0. The Hall–Kier alpha value is -2.06. The van der Waals surface area contributed by atoms with E-state index in [0.717, 1.165) is 0 Å². The summed E-state index contributed by atoms with van der Waals surface area (Å²) < 4.78 is 46.7. The van der Waals surface area contributed by atoms with Crippen LogP contribution in [0.3, 0.4) is 0 Å². The Bertz CT molecular complexity index is 1030. The van der Waals surface area contributed by atoms with E-state index in [-0.39, 0.29) is 17.3 Å². The van der Waals surface area contributed by atoms with Crippen LogP contribution in [0, 0.1) is 5.82 Å². The quantitative estimate of drug-likeness (QED) is 0.437. The molecule has 8 heteroatoms. The maximum Gasteiger partial charge on any atom is 0.240 e. The second-order valence-electron chi connectivity index (χ2n) is 6.04. The van der Waals surface area contributed by atoms with Gasteiger partial charge in [-0.05, 0) is 48.5 Å². The van der Waals surface area contributed by atoms with Crippen LogP contribution in [-0.2, 0) is 15.8 Å². The van der Waals surface area contributed by atoms with Crippen molar-refractivity contribution < 1.29 is 17.5 Å². The van der Waals surface area contributed by atoms with Crippen molar-refractivity contribution in [2.24, 2.45) is 0 Å². The lowest BCUT2D eigenvalue weighted by atomic mass is 10.2. The summed E-state index contributed by atoms with van der Waals surface area (Å²) >= 11 is 7.39. The van der Waals surface area contributed by atoms with Crippen LogP contribution >= 0.6 is 23.4 Å². The first-order valence-corrected chi connectivity index (χ1v) is 11.8. The van der Waals surface area contributed by atoms with E-state index >= 15 is 0 Å². The van der Waals surface area contributed by atoms with Gasteiger partial charge in [-0.15, -0.1) is 0 Å². The highest BCUT2D eigenvalue weighted by Gasteiger charge is 2.14. The van der Waals surface area contributed by atoms with Crippen molar-refractivity contribution in [1.82, 2.24) is 4.72 Å². The topological polar surface area (TPSA) is 55.4 Å². The van der Waals surface area contributed by atoms with Gasteiger partial charge in [0.15, 0.2) is 0 Å². The van der Waals surface area contributed by atoms with Gasteiger partial charge < -0.3 is 4.74 Å². The monoisotopic (exact) mass is 451 g/mol. The standard InChI is InChI=1S/C21H19ClFNO3S2/c22-20-7-4-8-21(23)19(20)15-28-14-13-24-29(25,26)18-11-9-17(10-12-18)27-16-5-2-1-3-6-16/h1-12,24H,13-15H2. The van der Waals surface area contributed by atoms with Crippen molar-refractivity contribution in [3.63, 3.8) is 0 Å². The zero-order valence-electron chi connectivity index (χ0n) is 15.3. The van der Waals surface area contributed by atoms with E-state index in [1.54, 1.807) is 24.3 Å². The number of hydrogen-bond acceptors (Lipinski definition) is 4. The van der Waals surface area contributed by atoms with Crippen molar-refractivity contribution >= 4 is 33.4 Å².